The molecule has 0 saturated heterocycles. The zero-order valence-corrected chi connectivity index (χ0v) is 9.25. The Kier molecular flexibility index (Phi) is 6.82. The molecule has 3 nitrogen and oxygen atoms in total. The number of ether oxygens (including phenoxy) is 1. The third kappa shape index (κ3) is 5.58. The lowest BCUT2D eigenvalue weighted by molar-refractivity contribution is -0.146. The summed E-state index contributed by atoms with van der Waals surface area (Å²) in [7, 11) is 0. The summed E-state index contributed by atoms with van der Waals surface area (Å²) in [6, 6.07) is 1.99. The van der Waals surface area contributed by atoms with Crippen LogP contribution in [-0.4, -0.2) is 12.6 Å². The first-order chi connectivity index (χ1) is 6.61. The van der Waals surface area contributed by atoms with Crippen LogP contribution in [0.2, 0.25) is 0 Å². The van der Waals surface area contributed by atoms with Gasteiger partial charge in [0.15, 0.2) is 0 Å². The third-order valence-electron chi connectivity index (χ3n) is 2.00. The summed E-state index contributed by atoms with van der Waals surface area (Å²) < 4.78 is 4.79. The van der Waals surface area contributed by atoms with Crippen LogP contribution in [0.3, 0.4) is 0 Å². The van der Waals surface area contributed by atoms with E-state index < -0.39 is 5.92 Å². The Bertz CT molecular complexity index is 206. The normalized spacial score (nSPS) is 12.2. The van der Waals surface area contributed by atoms with Gasteiger partial charge in [-0.25, -0.2) is 0 Å². The SMILES string of the molecule is CCOC(=O)C(C#N)CCCC(C)C. The maximum absolute atomic E-state index is 11.2. The standard InChI is InChI=1S/C11H19NO2/c1-4-14-11(13)10(8-12)7-5-6-9(2)3/h9-10H,4-7H2,1-3H3. The number of esters is 1. The van der Waals surface area contributed by atoms with E-state index in [1.165, 1.54) is 0 Å². The summed E-state index contributed by atoms with van der Waals surface area (Å²) in [5, 5.41) is 8.74. The number of rotatable bonds is 6. The number of hydrogen-bond acceptors (Lipinski definition) is 3. The van der Waals surface area contributed by atoms with Crippen molar-refractivity contribution in [3.8, 4) is 6.07 Å². The summed E-state index contributed by atoms with van der Waals surface area (Å²) in [6.07, 6.45) is 2.58. The zero-order chi connectivity index (χ0) is 11.0. The van der Waals surface area contributed by atoms with Gasteiger partial charge in [0.2, 0.25) is 0 Å². The molecule has 14 heavy (non-hydrogen) atoms. The molecule has 0 aliphatic heterocycles. The molecule has 0 rings (SSSR count). The fourth-order valence-corrected chi connectivity index (χ4v) is 1.21. The van der Waals surface area contributed by atoms with Crippen molar-refractivity contribution >= 4 is 5.97 Å². The number of carbonyl (C=O) groups is 1. The van der Waals surface area contributed by atoms with E-state index >= 15 is 0 Å². The molecule has 0 spiro atoms. The molecule has 80 valence electrons. The van der Waals surface area contributed by atoms with E-state index in [1.807, 2.05) is 6.07 Å². The second kappa shape index (κ2) is 7.37. The topological polar surface area (TPSA) is 50.1 Å². The molecule has 1 unspecified atom stereocenters. The quantitative estimate of drug-likeness (QED) is 0.615. The van der Waals surface area contributed by atoms with Crippen LogP contribution < -0.4 is 0 Å². The molecule has 0 aliphatic rings. The maximum Gasteiger partial charge on any atom is 0.323 e. The van der Waals surface area contributed by atoms with Gasteiger partial charge in [0, 0.05) is 0 Å². The highest BCUT2D eigenvalue weighted by atomic mass is 16.5. The molecule has 0 saturated carbocycles. The van der Waals surface area contributed by atoms with Crippen molar-refractivity contribution in [2.75, 3.05) is 6.61 Å². The van der Waals surface area contributed by atoms with E-state index in [-0.39, 0.29) is 5.97 Å². The van der Waals surface area contributed by atoms with Crippen molar-refractivity contribution in [3.05, 3.63) is 0 Å². The first-order valence-corrected chi connectivity index (χ1v) is 5.18. The van der Waals surface area contributed by atoms with Crippen molar-refractivity contribution in [2.45, 2.75) is 40.0 Å². The van der Waals surface area contributed by atoms with Crippen LogP contribution in [0.15, 0.2) is 0 Å². The summed E-state index contributed by atoms with van der Waals surface area (Å²) >= 11 is 0. The van der Waals surface area contributed by atoms with Crippen molar-refractivity contribution in [3.63, 3.8) is 0 Å². The molecule has 0 heterocycles. The lowest BCUT2D eigenvalue weighted by atomic mass is 9.99. The summed E-state index contributed by atoms with van der Waals surface area (Å²) in [4.78, 5) is 11.2. The maximum atomic E-state index is 11.2. The van der Waals surface area contributed by atoms with Crippen LogP contribution >= 0.6 is 0 Å². The van der Waals surface area contributed by atoms with Crippen LogP contribution in [-0.2, 0) is 9.53 Å². The largest absolute Gasteiger partial charge is 0.465 e. The molecule has 0 aromatic rings. The van der Waals surface area contributed by atoms with Crippen molar-refractivity contribution < 1.29 is 9.53 Å². The Morgan fingerprint density at radius 1 is 1.43 bits per heavy atom. The fraction of sp³-hybridized carbons (Fsp3) is 0.818. The number of hydrogen-bond donors (Lipinski definition) is 0. The second-order valence-electron chi connectivity index (χ2n) is 3.76. The molecule has 0 aromatic carbocycles. The first kappa shape index (κ1) is 13.0. The minimum Gasteiger partial charge on any atom is -0.465 e. The second-order valence-corrected chi connectivity index (χ2v) is 3.76. The van der Waals surface area contributed by atoms with E-state index in [4.69, 9.17) is 10.00 Å². The van der Waals surface area contributed by atoms with Gasteiger partial charge in [0.05, 0.1) is 12.7 Å². The van der Waals surface area contributed by atoms with Gasteiger partial charge in [-0.3, -0.25) is 4.79 Å². The van der Waals surface area contributed by atoms with Gasteiger partial charge in [-0.15, -0.1) is 0 Å². The Hall–Kier alpha value is -1.04. The van der Waals surface area contributed by atoms with Gasteiger partial charge in [0.25, 0.3) is 0 Å². The predicted molar refractivity (Wildman–Crippen MR) is 54.4 cm³/mol. The highest BCUT2D eigenvalue weighted by Crippen LogP contribution is 2.13. The van der Waals surface area contributed by atoms with Crippen molar-refractivity contribution in [2.24, 2.45) is 11.8 Å². The van der Waals surface area contributed by atoms with Gasteiger partial charge < -0.3 is 4.74 Å². The monoisotopic (exact) mass is 197 g/mol. The molecule has 0 radical (unpaired) electrons. The molecule has 0 bridgehead atoms. The summed E-state index contributed by atoms with van der Waals surface area (Å²) in [5.74, 6) is -0.330. The van der Waals surface area contributed by atoms with Crippen LogP contribution in [0.25, 0.3) is 0 Å². The Morgan fingerprint density at radius 2 is 2.07 bits per heavy atom. The smallest absolute Gasteiger partial charge is 0.323 e. The minimum absolute atomic E-state index is 0.348. The highest BCUT2D eigenvalue weighted by molar-refractivity contribution is 5.75. The van der Waals surface area contributed by atoms with Crippen LogP contribution in [0.4, 0.5) is 0 Å². The third-order valence-corrected chi connectivity index (χ3v) is 2.00. The van der Waals surface area contributed by atoms with Crippen LogP contribution in [0.5, 0.6) is 0 Å². The number of nitrogens with zero attached hydrogens (tertiary/aromatic N) is 1. The fourth-order valence-electron chi connectivity index (χ4n) is 1.21. The van der Waals surface area contributed by atoms with E-state index in [0.717, 1.165) is 12.8 Å². The van der Waals surface area contributed by atoms with Gasteiger partial charge >= 0.3 is 5.97 Å². The first-order valence-electron chi connectivity index (χ1n) is 5.18. The number of nitriles is 1. The molecule has 0 aliphatic carbocycles. The van der Waals surface area contributed by atoms with E-state index in [2.05, 4.69) is 13.8 Å². The lowest BCUT2D eigenvalue weighted by Gasteiger charge is -2.08. The lowest BCUT2D eigenvalue weighted by Crippen LogP contribution is -2.16. The molecule has 0 aromatic heterocycles. The van der Waals surface area contributed by atoms with Gasteiger partial charge in [-0.2, -0.15) is 5.26 Å². The predicted octanol–water partition coefficient (Wildman–Crippen LogP) is 2.52. The molecular weight excluding hydrogens is 178 g/mol. The Morgan fingerprint density at radius 3 is 2.50 bits per heavy atom. The highest BCUT2D eigenvalue weighted by Gasteiger charge is 2.18. The minimum atomic E-state index is -0.575. The van der Waals surface area contributed by atoms with Gasteiger partial charge in [0.1, 0.15) is 5.92 Å². The molecular formula is C11H19NO2. The molecule has 1 atom stereocenters. The molecule has 3 heteroatoms. The molecule has 0 amide bonds. The van der Waals surface area contributed by atoms with Gasteiger partial charge in [-0.1, -0.05) is 26.7 Å². The van der Waals surface area contributed by atoms with E-state index in [1.54, 1.807) is 6.92 Å². The van der Waals surface area contributed by atoms with Crippen LogP contribution in [0, 0.1) is 23.2 Å². The Labute approximate surface area is 86.1 Å². The zero-order valence-electron chi connectivity index (χ0n) is 9.25. The van der Waals surface area contributed by atoms with Crippen LogP contribution in [0.1, 0.15) is 40.0 Å². The molecule has 0 N–H and O–H groups in total. The number of carbonyl (C=O) groups excluding carboxylic acids is 1. The summed E-state index contributed by atoms with van der Waals surface area (Å²) in [6.45, 7) is 6.36. The van der Waals surface area contributed by atoms with E-state index in [0.29, 0.717) is 18.9 Å². The average molecular weight is 197 g/mol. The Balaban J connectivity index is 3.80. The average Bonchev–Trinajstić information content (AvgIpc) is 2.12. The van der Waals surface area contributed by atoms with Crippen molar-refractivity contribution in [1.29, 1.82) is 5.26 Å². The summed E-state index contributed by atoms with van der Waals surface area (Å²) in [5.41, 5.74) is 0. The van der Waals surface area contributed by atoms with E-state index in [9.17, 15) is 4.79 Å². The van der Waals surface area contributed by atoms with Crippen molar-refractivity contribution in [1.82, 2.24) is 0 Å². The molecule has 0 fully saturated rings. The van der Waals surface area contributed by atoms with Gasteiger partial charge in [-0.05, 0) is 19.3 Å².